The highest BCUT2D eigenvalue weighted by atomic mass is 16.4. The van der Waals surface area contributed by atoms with E-state index in [2.05, 4.69) is 24.0 Å². The van der Waals surface area contributed by atoms with Gasteiger partial charge in [0, 0.05) is 6.04 Å². The molecule has 1 aliphatic carbocycles. The summed E-state index contributed by atoms with van der Waals surface area (Å²) in [4.78, 5) is 13.7. The Morgan fingerprint density at radius 2 is 2.06 bits per heavy atom. The molecule has 3 heteroatoms. The van der Waals surface area contributed by atoms with Gasteiger partial charge in [-0.15, -0.1) is 0 Å². The Morgan fingerprint density at radius 3 is 2.83 bits per heavy atom. The summed E-state index contributed by atoms with van der Waals surface area (Å²) in [5.74, 6) is -0.368. The number of carboxylic acids is 1. The van der Waals surface area contributed by atoms with Crippen molar-refractivity contribution in [1.82, 2.24) is 4.90 Å². The summed E-state index contributed by atoms with van der Waals surface area (Å²) in [7, 11) is 0. The maximum Gasteiger partial charge on any atom is 0.321 e. The van der Waals surface area contributed by atoms with E-state index in [4.69, 9.17) is 0 Å². The van der Waals surface area contributed by atoms with Gasteiger partial charge in [0.25, 0.3) is 0 Å². The van der Waals surface area contributed by atoms with Crippen molar-refractivity contribution in [3.63, 3.8) is 0 Å². The fourth-order valence-corrected chi connectivity index (χ4v) is 3.40. The lowest BCUT2D eigenvalue weighted by atomic mass is 9.88. The van der Waals surface area contributed by atoms with E-state index < -0.39 is 5.97 Å². The van der Waals surface area contributed by atoms with E-state index in [1.54, 1.807) is 0 Å². The van der Waals surface area contributed by atoms with E-state index >= 15 is 0 Å². The van der Waals surface area contributed by atoms with E-state index in [9.17, 15) is 9.90 Å². The van der Waals surface area contributed by atoms with Crippen molar-refractivity contribution in [2.45, 2.75) is 64.0 Å². The highest BCUT2D eigenvalue weighted by Gasteiger charge is 2.36. The van der Waals surface area contributed by atoms with Crippen LogP contribution < -0.4 is 0 Å². The van der Waals surface area contributed by atoms with Crippen LogP contribution in [-0.2, 0) is 4.79 Å². The average Bonchev–Trinajstić information content (AvgIpc) is 2.27. The number of aliphatic carboxylic acids is 1. The molecule has 0 bridgehead atoms. The van der Waals surface area contributed by atoms with Crippen LogP contribution in [0.2, 0.25) is 0 Å². The molecule has 1 aliphatic heterocycles. The predicted molar refractivity (Wildman–Crippen MR) is 72.5 cm³/mol. The molecule has 2 aliphatic rings. The zero-order chi connectivity index (χ0) is 13.0. The van der Waals surface area contributed by atoms with Gasteiger partial charge in [0.2, 0.25) is 0 Å². The number of likely N-dealkylation sites (tertiary alicyclic amines) is 1. The zero-order valence-electron chi connectivity index (χ0n) is 11.3. The van der Waals surface area contributed by atoms with E-state index in [0.717, 1.165) is 32.2 Å². The molecular weight excluding hydrogens is 226 g/mol. The van der Waals surface area contributed by atoms with Crippen LogP contribution in [-0.4, -0.2) is 34.6 Å². The molecule has 0 saturated carbocycles. The molecule has 1 saturated heterocycles. The Labute approximate surface area is 110 Å². The van der Waals surface area contributed by atoms with Gasteiger partial charge in [0.05, 0.1) is 0 Å². The maximum atomic E-state index is 11.5. The van der Waals surface area contributed by atoms with Crippen LogP contribution in [0.3, 0.4) is 0 Å². The number of carboxylic acid groups (broad SMARTS) is 1. The largest absolute Gasteiger partial charge is 0.480 e. The summed E-state index contributed by atoms with van der Waals surface area (Å²) < 4.78 is 0. The van der Waals surface area contributed by atoms with E-state index in [1.807, 2.05) is 0 Å². The minimum atomic E-state index is -0.641. The first-order chi connectivity index (χ1) is 8.70. The lowest BCUT2D eigenvalue weighted by molar-refractivity contribution is -0.147. The standard InChI is InChI=1S/C15H25NO2/c1-12-8-7-11-16(14(12)15(17)18)13-9-5-3-2-4-6-10-13/h5,9,12-14H,2-4,6-8,10-11H2,1H3,(H,17,18)/b9-5+. The third kappa shape index (κ3) is 3.14. The van der Waals surface area contributed by atoms with Crippen LogP contribution in [0.15, 0.2) is 12.2 Å². The van der Waals surface area contributed by atoms with Crippen molar-refractivity contribution >= 4 is 5.97 Å². The fraction of sp³-hybridized carbons (Fsp3) is 0.800. The first-order valence-electron chi connectivity index (χ1n) is 7.35. The number of carbonyl (C=O) groups is 1. The zero-order valence-corrected chi connectivity index (χ0v) is 11.3. The van der Waals surface area contributed by atoms with E-state index in [1.165, 1.54) is 19.3 Å². The van der Waals surface area contributed by atoms with E-state index in [-0.39, 0.29) is 12.0 Å². The predicted octanol–water partition coefficient (Wildman–Crippen LogP) is 3.06. The molecule has 0 radical (unpaired) electrons. The third-order valence-electron chi connectivity index (χ3n) is 4.38. The molecule has 2 rings (SSSR count). The highest BCUT2D eigenvalue weighted by Crippen LogP contribution is 2.28. The summed E-state index contributed by atoms with van der Waals surface area (Å²) in [5.41, 5.74) is 0. The summed E-state index contributed by atoms with van der Waals surface area (Å²) >= 11 is 0. The minimum Gasteiger partial charge on any atom is -0.480 e. The molecule has 0 aromatic rings. The van der Waals surface area contributed by atoms with Crippen LogP contribution in [0.25, 0.3) is 0 Å². The molecule has 3 atom stereocenters. The Morgan fingerprint density at radius 1 is 1.22 bits per heavy atom. The second-order valence-corrected chi connectivity index (χ2v) is 5.77. The third-order valence-corrected chi connectivity index (χ3v) is 4.38. The van der Waals surface area contributed by atoms with Gasteiger partial charge < -0.3 is 5.11 Å². The normalized spacial score (nSPS) is 36.6. The van der Waals surface area contributed by atoms with Gasteiger partial charge in [-0.25, -0.2) is 0 Å². The number of nitrogens with zero attached hydrogens (tertiary/aromatic N) is 1. The number of hydrogen-bond acceptors (Lipinski definition) is 2. The van der Waals surface area contributed by atoms with Gasteiger partial charge in [-0.05, 0) is 44.6 Å². The van der Waals surface area contributed by atoms with Gasteiger partial charge in [-0.3, -0.25) is 9.69 Å². The summed E-state index contributed by atoms with van der Waals surface area (Å²) in [6.07, 6.45) is 12.7. The summed E-state index contributed by atoms with van der Waals surface area (Å²) in [6.45, 7) is 3.02. The van der Waals surface area contributed by atoms with E-state index in [0.29, 0.717) is 6.04 Å². The molecule has 0 amide bonds. The van der Waals surface area contributed by atoms with Gasteiger partial charge in [-0.2, -0.15) is 0 Å². The number of allylic oxidation sites excluding steroid dienone is 1. The first kappa shape index (κ1) is 13.6. The number of hydrogen-bond donors (Lipinski definition) is 1. The van der Waals surface area contributed by atoms with Crippen LogP contribution in [0.4, 0.5) is 0 Å². The SMILES string of the molecule is CC1CCCN(C2/C=C/CCCCC2)C1C(=O)O. The maximum absolute atomic E-state index is 11.5. The van der Waals surface area contributed by atoms with Gasteiger partial charge in [-0.1, -0.05) is 31.9 Å². The molecule has 0 aromatic carbocycles. The van der Waals surface area contributed by atoms with Crippen LogP contribution in [0.1, 0.15) is 51.9 Å². The topological polar surface area (TPSA) is 40.5 Å². The second kappa shape index (κ2) is 6.37. The molecule has 0 aromatic heterocycles. The number of rotatable bonds is 2. The molecule has 3 nitrogen and oxygen atoms in total. The van der Waals surface area contributed by atoms with Gasteiger partial charge >= 0.3 is 5.97 Å². The molecule has 0 spiro atoms. The summed E-state index contributed by atoms with van der Waals surface area (Å²) in [5, 5.41) is 9.47. The number of piperidine rings is 1. The Hall–Kier alpha value is -0.830. The molecule has 3 unspecified atom stereocenters. The molecule has 1 N–H and O–H groups in total. The lowest BCUT2D eigenvalue weighted by Gasteiger charge is -2.41. The van der Waals surface area contributed by atoms with Crippen LogP contribution in [0.5, 0.6) is 0 Å². The van der Waals surface area contributed by atoms with Crippen molar-refractivity contribution < 1.29 is 9.90 Å². The van der Waals surface area contributed by atoms with Crippen LogP contribution >= 0.6 is 0 Å². The molecular formula is C15H25NO2. The second-order valence-electron chi connectivity index (χ2n) is 5.77. The Balaban J connectivity index is 2.11. The van der Waals surface area contributed by atoms with Crippen molar-refractivity contribution in [1.29, 1.82) is 0 Å². The molecule has 1 heterocycles. The van der Waals surface area contributed by atoms with Crippen LogP contribution in [0, 0.1) is 5.92 Å². The quantitative estimate of drug-likeness (QED) is 0.767. The minimum absolute atomic E-state index is 0.273. The first-order valence-corrected chi connectivity index (χ1v) is 7.35. The van der Waals surface area contributed by atoms with Gasteiger partial charge in [0.15, 0.2) is 0 Å². The van der Waals surface area contributed by atoms with Crippen molar-refractivity contribution in [2.75, 3.05) is 6.54 Å². The average molecular weight is 251 g/mol. The molecule has 1 fully saturated rings. The Kier molecular flexibility index (Phi) is 4.81. The smallest absolute Gasteiger partial charge is 0.321 e. The summed E-state index contributed by atoms with van der Waals surface area (Å²) in [6, 6.07) is 0.0574. The molecule has 102 valence electrons. The Bertz CT molecular complexity index is 314. The van der Waals surface area contributed by atoms with Crippen molar-refractivity contribution in [3.8, 4) is 0 Å². The molecule has 18 heavy (non-hydrogen) atoms. The highest BCUT2D eigenvalue weighted by molar-refractivity contribution is 5.74. The van der Waals surface area contributed by atoms with Crippen molar-refractivity contribution in [2.24, 2.45) is 5.92 Å². The van der Waals surface area contributed by atoms with Gasteiger partial charge in [0.1, 0.15) is 6.04 Å². The van der Waals surface area contributed by atoms with Crippen molar-refractivity contribution in [3.05, 3.63) is 12.2 Å². The fourth-order valence-electron chi connectivity index (χ4n) is 3.40. The monoisotopic (exact) mass is 251 g/mol. The lowest BCUT2D eigenvalue weighted by Crippen LogP contribution is -2.53.